The second-order valence-corrected chi connectivity index (χ2v) is 5.08. The zero-order valence-electron chi connectivity index (χ0n) is 10.4. The predicted octanol–water partition coefficient (Wildman–Crippen LogP) is 1.91. The summed E-state index contributed by atoms with van der Waals surface area (Å²) in [6.45, 7) is 0.679. The van der Waals surface area contributed by atoms with Gasteiger partial charge < -0.3 is 5.32 Å². The van der Waals surface area contributed by atoms with Crippen molar-refractivity contribution in [3.05, 3.63) is 23.3 Å². The van der Waals surface area contributed by atoms with Gasteiger partial charge in [-0.2, -0.15) is 0 Å². The third-order valence-corrected chi connectivity index (χ3v) is 3.54. The molecular formula is C13H18N4O. The molecule has 2 N–H and O–H groups in total. The first-order chi connectivity index (χ1) is 8.83. The molecule has 0 saturated heterocycles. The molecule has 5 nitrogen and oxygen atoms in total. The number of hydrogen-bond acceptors (Lipinski definition) is 3. The Morgan fingerprint density at radius 1 is 1.50 bits per heavy atom. The minimum Gasteiger partial charge on any atom is -0.349 e. The first-order valence-electron chi connectivity index (χ1n) is 6.71. The van der Waals surface area contributed by atoms with Gasteiger partial charge in [0.2, 0.25) is 5.82 Å². The first-order valence-corrected chi connectivity index (χ1v) is 6.71. The quantitative estimate of drug-likeness (QED) is 0.780. The monoisotopic (exact) mass is 246 g/mol. The van der Waals surface area contributed by atoms with Crippen molar-refractivity contribution >= 4 is 5.91 Å². The zero-order valence-corrected chi connectivity index (χ0v) is 10.4. The number of amides is 1. The summed E-state index contributed by atoms with van der Waals surface area (Å²) in [6, 6.07) is 0. The van der Waals surface area contributed by atoms with Crippen LogP contribution in [0.25, 0.3) is 0 Å². The maximum absolute atomic E-state index is 11.8. The second kappa shape index (κ2) is 4.92. The topological polar surface area (TPSA) is 70.7 Å². The van der Waals surface area contributed by atoms with E-state index in [1.807, 2.05) is 0 Å². The van der Waals surface area contributed by atoms with Crippen LogP contribution >= 0.6 is 0 Å². The van der Waals surface area contributed by atoms with Crippen LogP contribution in [0.3, 0.4) is 0 Å². The number of allylic oxidation sites excluding steroid dienone is 1. The molecule has 0 aliphatic heterocycles. The van der Waals surface area contributed by atoms with E-state index in [0.29, 0.717) is 12.5 Å². The van der Waals surface area contributed by atoms with E-state index in [1.54, 1.807) is 0 Å². The fraction of sp³-hybridized carbons (Fsp3) is 0.615. The van der Waals surface area contributed by atoms with E-state index < -0.39 is 0 Å². The van der Waals surface area contributed by atoms with Crippen molar-refractivity contribution in [3.63, 3.8) is 0 Å². The highest BCUT2D eigenvalue weighted by Crippen LogP contribution is 2.37. The van der Waals surface area contributed by atoms with Crippen LogP contribution in [0.5, 0.6) is 0 Å². The predicted molar refractivity (Wildman–Crippen MR) is 67.2 cm³/mol. The average Bonchev–Trinajstić information content (AvgIpc) is 2.92. The molecule has 5 heteroatoms. The van der Waals surface area contributed by atoms with Gasteiger partial charge in [-0.05, 0) is 38.5 Å². The van der Waals surface area contributed by atoms with E-state index in [0.717, 1.165) is 25.1 Å². The van der Waals surface area contributed by atoms with Crippen LogP contribution in [-0.4, -0.2) is 27.6 Å². The van der Waals surface area contributed by atoms with Gasteiger partial charge in [0.15, 0.2) is 0 Å². The van der Waals surface area contributed by atoms with Crippen LogP contribution in [-0.2, 0) is 0 Å². The normalized spacial score (nSPS) is 18.8. The third-order valence-electron chi connectivity index (χ3n) is 3.54. The van der Waals surface area contributed by atoms with Crippen molar-refractivity contribution in [1.29, 1.82) is 0 Å². The molecule has 1 amide bonds. The van der Waals surface area contributed by atoms with Gasteiger partial charge in [0.25, 0.3) is 5.91 Å². The zero-order chi connectivity index (χ0) is 12.4. The molecule has 0 atom stereocenters. The van der Waals surface area contributed by atoms with Crippen LogP contribution in [0.1, 0.15) is 60.9 Å². The minimum absolute atomic E-state index is 0.170. The van der Waals surface area contributed by atoms with Crippen molar-refractivity contribution in [2.75, 3.05) is 6.54 Å². The van der Waals surface area contributed by atoms with E-state index in [9.17, 15) is 4.79 Å². The second-order valence-electron chi connectivity index (χ2n) is 5.08. The van der Waals surface area contributed by atoms with Crippen LogP contribution < -0.4 is 5.32 Å². The van der Waals surface area contributed by atoms with Gasteiger partial charge in [-0.25, -0.2) is 4.98 Å². The highest BCUT2D eigenvalue weighted by molar-refractivity contribution is 5.90. The molecule has 3 rings (SSSR count). The molecule has 1 fully saturated rings. The Morgan fingerprint density at radius 2 is 2.39 bits per heavy atom. The maximum Gasteiger partial charge on any atom is 0.290 e. The van der Waals surface area contributed by atoms with E-state index in [2.05, 4.69) is 26.6 Å². The van der Waals surface area contributed by atoms with E-state index in [-0.39, 0.29) is 11.7 Å². The molecule has 1 heterocycles. The Morgan fingerprint density at radius 3 is 3.11 bits per heavy atom. The number of aromatic nitrogens is 3. The summed E-state index contributed by atoms with van der Waals surface area (Å²) >= 11 is 0. The minimum atomic E-state index is -0.170. The van der Waals surface area contributed by atoms with Crippen molar-refractivity contribution in [2.45, 2.75) is 44.4 Å². The SMILES string of the molecule is O=C(NCCC1=CCCC1)c1n[nH]c(C2CC2)n1. The van der Waals surface area contributed by atoms with Crippen molar-refractivity contribution < 1.29 is 4.79 Å². The Bertz CT molecular complexity index is 473. The number of nitrogens with zero attached hydrogens (tertiary/aromatic N) is 2. The number of nitrogens with one attached hydrogen (secondary N) is 2. The van der Waals surface area contributed by atoms with Crippen LogP contribution in [0.15, 0.2) is 11.6 Å². The summed E-state index contributed by atoms with van der Waals surface area (Å²) in [5, 5.41) is 9.69. The lowest BCUT2D eigenvalue weighted by molar-refractivity contribution is 0.0944. The molecule has 96 valence electrons. The Hall–Kier alpha value is -1.65. The van der Waals surface area contributed by atoms with Gasteiger partial charge in [-0.1, -0.05) is 11.6 Å². The molecule has 18 heavy (non-hydrogen) atoms. The number of carbonyl (C=O) groups excluding carboxylic acids is 1. The summed E-state index contributed by atoms with van der Waals surface area (Å²) in [5.41, 5.74) is 1.46. The fourth-order valence-corrected chi connectivity index (χ4v) is 2.30. The van der Waals surface area contributed by atoms with Crippen LogP contribution in [0, 0.1) is 0 Å². The number of hydrogen-bond donors (Lipinski definition) is 2. The summed E-state index contributed by atoms with van der Waals surface area (Å²) in [6.07, 6.45) is 9.18. The van der Waals surface area contributed by atoms with Gasteiger partial charge in [-0.15, -0.1) is 5.10 Å². The van der Waals surface area contributed by atoms with Crippen molar-refractivity contribution in [3.8, 4) is 0 Å². The van der Waals surface area contributed by atoms with E-state index in [1.165, 1.54) is 24.8 Å². The van der Waals surface area contributed by atoms with Gasteiger partial charge in [0.05, 0.1) is 0 Å². The summed E-state index contributed by atoms with van der Waals surface area (Å²) in [7, 11) is 0. The molecule has 0 unspecified atom stereocenters. The summed E-state index contributed by atoms with van der Waals surface area (Å²) in [5.74, 6) is 1.47. The fourth-order valence-electron chi connectivity index (χ4n) is 2.30. The largest absolute Gasteiger partial charge is 0.349 e. The number of carbonyl (C=O) groups is 1. The van der Waals surface area contributed by atoms with Crippen molar-refractivity contribution in [1.82, 2.24) is 20.5 Å². The number of H-pyrrole nitrogens is 1. The Balaban J connectivity index is 1.47. The smallest absolute Gasteiger partial charge is 0.290 e. The number of rotatable bonds is 5. The molecule has 2 aliphatic rings. The standard InChI is InChI=1S/C13H18N4O/c18-13(14-8-7-9-3-1-2-4-9)12-15-11(16-17-12)10-5-6-10/h3,10H,1-2,4-8H2,(H,14,18)(H,15,16,17). The molecule has 0 bridgehead atoms. The Kier molecular flexibility index (Phi) is 3.13. The van der Waals surface area contributed by atoms with Crippen LogP contribution in [0.2, 0.25) is 0 Å². The first kappa shape index (κ1) is 11.4. The molecular weight excluding hydrogens is 228 g/mol. The molecule has 0 aromatic carbocycles. The maximum atomic E-state index is 11.8. The summed E-state index contributed by atoms with van der Waals surface area (Å²) in [4.78, 5) is 16.0. The molecule has 1 aromatic rings. The third kappa shape index (κ3) is 2.60. The van der Waals surface area contributed by atoms with E-state index in [4.69, 9.17) is 0 Å². The molecule has 0 spiro atoms. The molecule has 2 aliphatic carbocycles. The lowest BCUT2D eigenvalue weighted by Crippen LogP contribution is -2.25. The lowest BCUT2D eigenvalue weighted by atomic mass is 10.2. The molecule has 1 saturated carbocycles. The van der Waals surface area contributed by atoms with Gasteiger partial charge in [-0.3, -0.25) is 9.89 Å². The highest BCUT2D eigenvalue weighted by atomic mass is 16.2. The molecule has 0 radical (unpaired) electrons. The highest BCUT2D eigenvalue weighted by Gasteiger charge is 2.28. The Labute approximate surface area is 106 Å². The average molecular weight is 246 g/mol. The number of aromatic amines is 1. The van der Waals surface area contributed by atoms with Gasteiger partial charge in [0.1, 0.15) is 5.82 Å². The van der Waals surface area contributed by atoms with Gasteiger partial charge >= 0.3 is 0 Å². The van der Waals surface area contributed by atoms with Crippen molar-refractivity contribution in [2.24, 2.45) is 0 Å². The summed E-state index contributed by atoms with van der Waals surface area (Å²) < 4.78 is 0. The van der Waals surface area contributed by atoms with Gasteiger partial charge in [0, 0.05) is 12.5 Å². The van der Waals surface area contributed by atoms with E-state index >= 15 is 0 Å². The van der Waals surface area contributed by atoms with Crippen LogP contribution in [0.4, 0.5) is 0 Å². The molecule has 1 aromatic heterocycles. The lowest BCUT2D eigenvalue weighted by Gasteiger charge is -2.03.